The van der Waals surface area contributed by atoms with Crippen molar-refractivity contribution in [3.8, 4) is 0 Å². The van der Waals surface area contributed by atoms with Crippen LogP contribution in [0.5, 0.6) is 0 Å². The van der Waals surface area contributed by atoms with Crippen molar-refractivity contribution in [2.24, 2.45) is 0 Å². The van der Waals surface area contributed by atoms with E-state index < -0.39 is 0 Å². The van der Waals surface area contributed by atoms with E-state index in [0.717, 1.165) is 39.4 Å². The Morgan fingerprint density at radius 2 is 2.14 bits per heavy atom. The summed E-state index contributed by atoms with van der Waals surface area (Å²) >= 11 is 1.69. The Kier molecular flexibility index (Phi) is 3.75. The average molecular weight is 298 g/mol. The van der Waals surface area contributed by atoms with Crippen molar-refractivity contribution in [2.45, 2.75) is 19.8 Å². The summed E-state index contributed by atoms with van der Waals surface area (Å²) in [6.07, 6.45) is 3.69. The van der Waals surface area contributed by atoms with Crippen LogP contribution in [0.15, 0.2) is 36.0 Å². The van der Waals surface area contributed by atoms with Gasteiger partial charge in [0.1, 0.15) is 0 Å². The van der Waals surface area contributed by atoms with E-state index in [2.05, 4.69) is 28.3 Å². The summed E-state index contributed by atoms with van der Waals surface area (Å²) in [4.78, 5) is 8.70. The lowest BCUT2D eigenvalue weighted by Gasteiger charge is -2.14. The fourth-order valence-electron chi connectivity index (χ4n) is 2.35. The van der Waals surface area contributed by atoms with Gasteiger partial charge in [-0.05, 0) is 25.1 Å². The van der Waals surface area contributed by atoms with Gasteiger partial charge in [-0.3, -0.25) is 4.98 Å². The number of benzene rings is 1. The highest BCUT2D eigenvalue weighted by atomic mass is 32.1. The number of aryl methyl sites for hydroxylation is 1. The molecule has 0 fully saturated rings. The number of thiazole rings is 1. The maximum Gasteiger partial charge on any atom is 0.0970 e. The van der Waals surface area contributed by atoms with Crippen molar-refractivity contribution < 1.29 is 0 Å². The van der Waals surface area contributed by atoms with Crippen LogP contribution in [0.4, 0.5) is 11.4 Å². The second kappa shape index (κ2) is 5.69. The van der Waals surface area contributed by atoms with Gasteiger partial charge in [-0.2, -0.15) is 0 Å². The van der Waals surface area contributed by atoms with E-state index in [1.54, 1.807) is 11.3 Å². The normalized spacial score (nSPS) is 12.5. The van der Waals surface area contributed by atoms with E-state index in [4.69, 9.17) is 5.73 Å². The predicted octanol–water partition coefficient (Wildman–Crippen LogP) is 3.80. The topological polar surface area (TPSA) is 63.8 Å². The van der Waals surface area contributed by atoms with E-state index >= 15 is 0 Å². The van der Waals surface area contributed by atoms with Crippen LogP contribution in [-0.4, -0.2) is 16.5 Å². The van der Waals surface area contributed by atoms with Crippen molar-refractivity contribution in [2.75, 3.05) is 17.6 Å². The number of nitrogens with one attached hydrogen (secondary N) is 1. The summed E-state index contributed by atoms with van der Waals surface area (Å²) in [6, 6.07) is 6.03. The molecule has 4 nitrogen and oxygen atoms in total. The van der Waals surface area contributed by atoms with Gasteiger partial charge in [-0.1, -0.05) is 6.92 Å². The van der Waals surface area contributed by atoms with Gasteiger partial charge in [0.05, 0.1) is 5.01 Å². The van der Waals surface area contributed by atoms with E-state index in [9.17, 15) is 0 Å². The third-order valence-electron chi connectivity index (χ3n) is 3.54. The molecule has 5 heteroatoms. The molecule has 108 valence electrons. The fourth-order valence-corrected chi connectivity index (χ4v) is 3.05. The molecule has 1 unspecified atom stereocenters. The van der Waals surface area contributed by atoms with E-state index in [0.29, 0.717) is 5.92 Å². The molecule has 0 aliphatic rings. The predicted molar refractivity (Wildman–Crippen MR) is 89.9 cm³/mol. The first kappa shape index (κ1) is 13.8. The number of fused-ring (bicyclic) bond motifs is 1. The molecule has 2 heterocycles. The molecule has 0 bridgehead atoms. The van der Waals surface area contributed by atoms with Gasteiger partial charge >= 0.3 is 0 Å². The van der Waals surface area contributed by atoms with E-state index in [-0.39, 0.29) is 0 Å². The first-order valence-corrected chi connectivity index (χ1v) is 7.81. The quantitative estimate of drug-likeness (QED) is 0.719. The lowest BCUT2D eigenvalue weighted by molar-refractivity contribution is 0.796. The van der Waals surface area contributed by atoms with Crippen molar-refractivity contribution in [3.63, 3.8) is 0 Å². The average Bonchev–Trinajstić information content (AvgIpc) is 3.00. The number of nitrogens with zero attached hydrogens (tertiary/aromatic N) is 2. The number of nitrogens with two attached hydrogens (primary N) is 1. The zero-order valence-corrected chi connectivity index (χ0v) is 12.9. The van der Waals surface area contributed by atoms with Gasteiger partial charge in [-0.25, -0.2) is 4.98 Å². The number of rotatable bonds is 4. The van der Waals surface area contributed by atoms with Crippen LogP contribution in [0.1, 0.15) is 23.5 Å². The Labute approximate surface area is 128 Å². The number of nitrogen functional groups attached to an aromatic ring is 1. The Bertz CT molecular complexity index is 752. The molecule has 0 spiro atoms. The summed E-state index contributed by atoms with van der Waals surface area (Å²) in [5, 5.41) is 8.79. The number of aromatic nitrogens is 2. The van der Waals surface area contributed by atoms with Crippen LogP contribution < -0.4 is 11.1 Å². The minimum atomic E-state index is 0.375. The molecule has 2 aromatic heterocycles. The molecular weight excluding hydrogens is 280 g/mol. The molecule has 1 atom stereocenters. The van der Waals surface area contributed by atoms with Crippen molar-refractivity contribution >= 4 is 33.5 Å². The minimum absolute atomic E-state index is 0.375. The molecule has 0 radical (unpaired) electrons. The minimum Gasteiger partial charge on any atom is -0.398 e. The summed E-state index contributed by atoms with van der Waals surface area (Å²) < 4.78 is 0. The zero-order chi connectivity index (χ0) is 14.8. The van der Waals surface area contributed by atoms with Gasteiger partial charge in [-0.15, -0.1) is 11.3 Å². The smallest absolute Gasteiger partial charge is 0.0970 e. The molecule has 3 rings (SSSR count). The standard InChI is InChI=1S/C16H18N4S/c1-10(16-18-5-6-21-16)8-20-15-4-3-14(17)13-9-19-11(2)7-12(13)15/h3-7,9-10,20H,8,17H2,1-2H3. The second-order valence-corrected chi connectivity index (χ2v) is 6.15. The van der Waals surface area contributed by atoms with Crippen LogP contribution in [0.3, 0.4) is 0 Å². The number of hydrogen-bond donors (Lipinski definition) is 2. The maximum absolute atomic E-state index is 6.03. The Balaban J connectivity index is 1.87. The first-order chi connectivity index (χ1) is 10.1. The summed E-state index contributed by atoms with van der Waals surface area (Å²) in [5.74, 6) is 0.375. The van der Waals surface area contributed by atoms with Crippen molar-refractivity contribution in [1.29, 1.82) is 0 Å². The lowest BCUT2D eigenvalue weighted by atomic mass is 10.1. The Morgan fingerprint density at radius 3 is 2.90 bits per heavy atom. The molecular formula is C16H18N4S. The lowest BCUT2D eigenvalue weighted by Crippen LogP contribution is -2.10. The highest BCUT2D eigenvalue weighted by Crippen LogP contribution is 2.29. The molecule has 0 saturated heterocycles. The molecule has 0 saturated carbocycles. The van der Waals surface area contributed by atoms with Gasteiger partial charge in [0, 0.05) is 58.1 Å². The highest BCUT2D eigenvalue weighted by molar-refractivity contribution is 7.09. The SMILES string of the molecule is Cc1cc2c(NCC(C)c3nccs3)ccc(N)c2cn1. The maximum atomic E-state index is 6.03. The summed E-state index contributed by atoms with van der Waals surface area (Å²) in [6.45, 7) is 5.01. The summed E-state index contributed by atoms with van der Waals surface area (Å²) in [5.41, 5.74) is 8.87. The fraction of sp³-hybridized carbons (Fsp3) is 0.250. The van der Waals surface area contributed by atoms with Crippen molar-refractivity contribution in [3.05, 3.63) is 46.7 Å². The third kappa shape index (κ3) is 2.83. The molecule has 0 aliphatic heterocycles. The second-order valence-electron chi connectivity index (χ2n) is 5.23. The molecule has 21 heavy (non-hydrogen) atoms. The van der Waals surface area contributed by atoms with Gasteiger partial charge in [0.2, 0.25) is 0 Å². The van der Waals surface area contributed by atoms with Crippen LogP contribution in [-0.2, 0) is 0 Å². The number of hydrogen-bond acceptors (Lipinski definition) is 5. The van der Waals surface area contributed by atoms with E-state index in [1.165, 1.54) is 0 Å². The molecule has 3 aromatic rings. The third-order valence-corrected chi connectivity index (χ3v) is 4.55. The van der Waals surface area contributed by atoms with Gasteiger partial charge in [0.15, 0.2) is 0 Å². The molecule has 3 N–H and O–H groups in total. The van der Waals surface area contributed by atoms with Crippen LogP contribution in [0.25, 0.3) is 10.8 Å². The number of pyridine rings is 1. The molecule has 1 aromatic carbocycles. The monoisotopic (exact) mass is 298 g/mol. The van der Waals surface area contributed by atoms with Gasteiger partial charge < -0.3 is 11.1 Å². The Hall–Kier alpha value is -2.14. The Morgan fingerprint density at radius 1 is 1.29 bits per heavy atom. The van der Waals surface area contributed by atoms with Crippen LogP contribution >= 0.6 is 11.3 Å². The van der Waals surface area contributed by atoms with Crippen LogP contribution in [0.2, 0.25) is 0 Å². The largest absolute Gasteiger partial charge is 0.398 e. The van der Waals surface area contributed by atoms with Crippen molar-refractivity contribution in [1.82, 2.24) is 9.97 Å². The molecule has 0 amide bonds. The number of anilines is 2. The zero-order valence-electron chi connectivity index (χ0n) is 12.1. The van der Waals surface area contributed by atoms with E-state index in [1.807, 2.05) is 36.8 Å². The highest BCUT2D eigenvalue weighted by Gasteiger charge is 2.10. The summed E-state index contributed by atoms with van der Waals surface area (Å²) in [7, 11) is 0. The first-order valence-electron chi connectivity index (χ1n) is 6.93. The van der Waals surface area contributed by atoms with Crippen LogP contribution in [0, 0.1) is 6.92 Å². The molecule has 0 aliphatic carbocycles. The van der Waals surface area contributed by atoms with Gasteiger partial charge in [0.25, 0.3) is 0 Å².